The highest BCUT2D eigenvalue weighted by atomic mass is 19.1. The standard InChI is InChI=1S/C20H23FN6O/c1-13-8-10-27(20(28)25-15-5-3-14(21)4-6-15)11-17(13)26(2)19-16-7-9-22-18(16)23-12-24-19/h3-7,9,12-13,17H,8,10-11H2,1-2H3,(H,25,28)(H,22,23,24). The van der Waals surface area contributed by atoms with E-state index in [0.717, 1.165) is 23.3 Å². The molecule has 0 saturated carbocycles. The number of anilines is 2. The smallest absolute Gasteiger partial charge is 0.321 e. The molecule has 3 aromatic rings. The molecule has 1 aliphatic rings. The highest BCUT2D eigenvalue weighted by Crippen LogP contribution is 2.28. The second kappa shape index (κ2) is 7.46. The van der Waals surface area contributed by atoms with Gasteiger partial charge in [0.25, 0.3) is 0 Å². The Bertz CT molecular complexity index is 972. The van der Waals surface area contributed by atoms with Crippen LogP contribution in [0.5, 0.6) is 0 Å². The van der Waals surface area contributed by atoms with Crippen molar-refractivity contribution in [1.82, 2.24) is 19.9 Å². The van der Waals surface area contributed by atoms with Gasteiger partial charge in [0.1, 0.15) is 23.6 Å². The Hall–Kier alpha value is -3.16. The number of nitrogens with zero attached hydrogens (tertiary/aromatic N) is 4. The van der Waals surface area contributed by atoms with E-state index >= 15 is 0 Å². The SMILES string of the molecule is CC1CCN(C(=O)Nc2ccc(F)cc2)CC1N(C)c1ncnc2[nH]ccc12. The van der Waals surface area contributed by atoms with Gasteiger partial charge in [0.2, 0.25) is 0 Å². The maximum Gasteiger partial charge on any atom is 0.321 e. The van der Waals surface area contributed by atoms with Crippen molar-refractivity contribution in [1.29, 1.82) is 0 Å². The number of rotatable bonds is 3. The Kier molecular flexibility index (Phi) is 4.85. The first-order valence-electron chi connectivity index (χ1n) is 9.35. The number of nitrogens with one attached hydrogen (secondary N) is 2. The zero-order chi connectivity index (χ0) is 19.7. The van der Waals surface area contributed by atoms with E-state index in [0.29, 0.717) is 24.7 Å². The van der Waals surface area contributed by atoms with Crippen LogP contribution in [0.4, 0.5) is 20.7 Å². The molecular formula is C20H23FN6O. The second-order valence-electron chi connectivity index (χ2n) is 7.26. The molecule has 146 valence electrons. The number of piperidine rings is 1. The van der Waals surface area contributed by atoms with Crippen LogP contribution in [0.15, 0.2) is 42.9 Å². The van der Waals surface area contributed by atoms with Gasteiger partial charge in [-0.25, -0.2) is 19.2 Å². The van der Waals surface area contributed by atoms with Crippen molar-refractivity contribution in [3.63, 3.8) is 0 Å². The first-order chi connectivity index (χ1) is 13.5. The van der Waals surface area contributed by atoms with Crippen molar-refractivity contribution in [2.45, 2.75) is 19.4 Å². The van der Waals surface area contributed by atoms with Gasteiger partial charge in [-0.1, -0.05) is 6.92 Å². The van der Waals surface area contributed by atoms with E-state index in [-0.39, 0.29) is 17.9 Å². The number of hydrogen-bond donors (Lipinski definition) is 2. The number of H-pyrrole nitrogens is 1. The molecule has 1 aromatic carbocycles. The van der Waals surface area contributed by atoms with Crippen LogP contribution in [0.1, 0.15) is 13.3 Å². The maximum absolute atomic E-state index is 13.1. The van der Waals surface area contributed by atoms with Crippen molar-refractivity contribution in [2.75, 3.05) is 30.4 Å². The molecule has 2 aromatic heterocycles. The quantitative estimate of drug-likeness (QED) is 0.727. The lowest BCUT2D eigenvalue weighted by Gasteiger charge is -2.42. The van der Waals surface area contributed by atoms with E-state index in [1.54, 1.807) is 23.4 Å². The summed E-state index contributed by atoms with van der Waals surface area (Å²) in [6, 6.07) is 7.71. The fourth-order valence-electron chi connectivity index (χ4n) is 3.77. The summed E-state index contributed by atoms with van der Waals surface area (Å²) in [5, 5.41) is 3.81. The van der Waals surface area contributed by atoms with E-state index < -0.39 is 0 Å². The van der Waals surface area contributed by atoms with Crippen molar-refractivity contribution in [2.24, 2.45) is 5.92 Å². The lowest BCUT2D eigenvalue weighted by Crippen LogP contribution is -2.53. The molecule has 2 unspecified atom stereocenters. The molecule has 2 N–H and O–H groups in total. The molecule has 1 saturated heterocycles. The van der Waals surface area contributed by atoms with Crippen LogP contribution in [0, 0.1) is 11.7 Å². The summed E-state index contributed by atoms with van der Waals surface area (Å²) >= 11 is 0. The van der Waals surface area contributed by atoms with Crippen LogP contribution in [0.25, 0.3) is 11.0 Å². The summed E-state index contributed by atoms with van der Waals surface area (Å²) in [6.45, 7) is 3.47. The number of likely N-dealkylation sites (tertiary alicyclic amines) is 1. The maximum atomic E-state index is 13.1. The van der Waals surface area contributed by atoms with Crippen LogP contribution in [0.2, 0.25) is 0 Å². The van der Waals surface area contributed by atoms with Crippen molar-refractivity contribution < 1.29 is 9.18 Å². The second-order valence-corrected chi connectivity index (χ2v) is 7.26. The minimum absolute atomic E-state index is 0.126. The summed E-state index contributed by atoms with van der Waals surface area (Å²) in [6.07, 6.45) is 4.30. The van der Waals surface area contributed by atoms with Crippen molar-refractivity contribution in [3.05, 3.63) is 48.7 Å². The molecule has 8 heteroatoms. The average molecular weight is 382 g/mol. The molecule has 0 bridgehead atoms. The molecule has 3 heterocycles. The highest BCUT2D eigenvalue weighted by molar-refractivity contribution is 5.90. The van der Waals surface area contributed by atoms with Gasteiger partial charge in [-0.05, 0) is 42.7 Å². The normalized spacial score (nSPS) is 19.6. The van der Waals surface area contributed by atoms with Crippen LogP contribution >= 0.6 is 0 Å². The number of likely N-dealkylation sites (N-methyl/N-ethyl adjacent to an activating group) is 1. The summed E-state index contributed by atoms with van der Waals surface area (Å²) < 4.78 is 13.1. The number of aromatic nitrogens is 3. The molecule has 1 aliphatic heterocycles. The largest absolute Gasteiger partial charge is 0.354 e. The van der Waals surface area contributed by atoms with Gasteiger partial charge >= 0.3 is 6.03 Å². The predicted octanol–water partition coefficient (Wildman–Crippen LogP) is 3.48. The van der Waals surface area contributed by atoms with Crippen LogP contribution in [0.3, 0.4) is 0 Å². The topological polar surface area (TPSA) is 77.2 Å². The lowest BCUT2D eigenvalue weighted by atomic mass is 9.92. The highest BCUT2D eigenvalue weighted by Gasteiger charge is 2.32. The first-order valence-corrected chi connectivity index (χ1v) is 9.35. The average Bonchev–Trinajstić information content (AvgIpc) is 3.18. The summed E-state index contributed by atoms with van der Waals surface area (Å²) in [4.78, 5) is 28.5. The van der Waals surface area contributed by atoms with Gasteiger partial charge in [0.05, 0.1) is 11.4 Å². The Morgan fingerprint density at radius 2 is 2.07 bits per heavy atom. The van der Waals surface area contributed by atoms with Gasteiger partial charge in [0, 0.05) is 32.0 Å². The minimum Gasteiger partial charge on any atom is -0.354 e. The van der Waals surface area contributed by atoms with Crippen LogP contribution in [-0.2, 0) is 0 Å². The summed E-state index contributed by atoms with van der Waals surface area (Å²) in [5.41, 5.74) is 1.38. The molecule has 28 heavy (non-hydrogen) atoms. The number of carbonyl (C=O) groups is 1. The number of halogens is 1. The Labute approximate surface area is 162 Å². The molecule has 1 fully saturated rings. The number of carbonyl (C=O) groups excluding carboxylic acids is 1. The zero-order valence-corrected chi connectivity index (χ0v) is 15.9. The number of aromatic amines is 1. The third-order valence-corrected chi connectivity index (χ3v) is 5.47. The monoisotopic (exact) mass is 382 g/mol. The lowest BCUT2D eigenvalue weighted by molar-refractivity contribution is 0.172. The molecule has 7 nitrogen and oxygen atoms in total. The molecular weight excluding hydrogens is 359 g/mol. The van der Waals surface area contributed by atoms with Gasteiger partial charge in [-0.2, -0.15) is 0 Å². The Morgan fingerprint density at radius 1 is 1.29 bits per heavy atom. The Morgan fingerprint density at radius 3 is 2.86 bits per heavy atom. The molecule has 0 radical (unpaired) electrons. The minimum atomic E-state index is -0.326. The number of hydrogen-bond acceptors (Lipinski definition) is 4. The third kappa shape index (κ3) is 3.49. The van der Waals surface area contributed by atoms with Gasteiger partial charge in [0.15, 0.2) is 0 Å². The summed E-state index contributed by atoms with van der Waals surface area (Å²) in [5.74, 6) is 0.931. The summed E-state index contributed by atoms with van der Waals surface area (Å²) in [7, 11) is 2.01. The fourth-order valence-corrected chi connectivity index (χ4v) is 3.77. The number of fused-ring (bicyclic) bond motifs is 1. The van der Waals surface area contributed by atoms with E-state index in [9.17, 15) is 9.18 Å². The van der Waals surface area contributed by atoms with Gasteiger partial charge in [-0.3, -0.25) is 0 Å². The molecule has 4 rings (SSSR count). The molecule has 2 atom stereocenters. The van der Waals surface area contributed by atoms with E-state index in [4.69, 9.17) is 0 Å². The van der Waals surface area contributed by atoms with Crippen molar-refractivity contribution in [3.8, 4) is 0 Å². The van der Waals surface area contributed by atoms with Crippen molar-refractivity contribution >= 4 is 28.6 Å². The zero-order valence-electron chi connectivity index (χ0n) is 15.9. The van der Waals surface area contributed by atoms with Gasteiger partial charge < -0.3 is 20.1 Å². The Balaban J connectivity index is 1.50. The molecule has 2 amide bonds. The van der Waals surface area contributed by atoms with E-state index in [2.05, 4.69) is 32.1 Å². The predicted molar refractivity (Wildman–Crippen MR) is 107 cm³/mol. The van der Waals surface area contributed by atoms with Crippen LogP contribution in [-0.4, -0.2) is 52.1 Å². The first kappa shape index (κ1) is 18.2. The number of urea groups is 1. The van der Waals surface area contributed by atoms with E-state index in [1.165, 1.54) is 12.1 Å². The van der Waals surface area contributed by atoms with Crippen LogP contribution < -0.4 is 10.2 Å². The number of amides is 2. The number of benzene rings is 1. The molecule has 0 aliphatic carbocycles. The third-order valence-electron chi connectivity index (χ3n) is 5.47. The molecule has 0 spiro atoms. The fraction of sp³-hybridized carbons (Fsp3) is 0.350. The van der Waals surface area contributed by atoms with Gasteiger partial charge in [-0.15, -0.1) is 0 Å². The van der Waals surface area contributed by atoms with E-state index in [1.807, 2.05) is 19.3 Å².